The van der Waals surface area contributed by atoms with Crippen molar-refractivity contribution in [2.45, 2.75) is 50.4 Å². The third kappa shape index (κ3) is 6.26. The van der Waals surface area contributed by atoms with E-state index < -0.39 is 5.25 Å². The molecule has 0 aliphatic rings. The van der Waals surface area contributed by atoms with Crippen molar-refractivity contribution in [3.8, 4) is 5.69 Å². The molecule has 7 nitrogen and oxygen atoms in total. The smallest absolute Gasteiger partial charge is 0.266 e. The lowest BCUT2D eigenvalue weighted by Crippen LogP contribution is -2.26. The number of hydrogen-bond acceptors (Lipinski definition) is 5. The minimum absolute atomic E-state index is 0.170. The van der Waals surface area contributed by atoms with Gasteiger partial charge in [-0.25, -0.2) is 4.98 Å². The van der Waals surface area contributed by atoms with Crippen LogP contribution in [-0.4, -0.2) is 26.6 Å². The Labute approximate surface area is 230 Å². The zero-order valence-electron chi connectivity index (χ0n) is 21.6. The highest BCUT2D eigenvalue weighted by Gasteiger charge is 2.21. The molecule has 38 heavy (non-hydrogen) atoms. The number of carbonyl (C=O) groups excluding carboxylic acids is 2. The van der Waals surface area contributed by atoms with Gasteiger partial charge < -0.3 is 10.6 Å². The molecule has 2 amide bonds. The number of thioether (sulfide) groups is 1. The fourth-order valence-electron chi connectivity index (χ4n) is 3.93. The Morgan fingerprint density at radius 1 is 0.974 bits per heavy atom. The van der Waals surface area contributed by atoms with E-state index in [1.165, 1.54) is 24.2 Å². The summed E-state index contributed by atoms with van der Waals surface area (Å²) in [6.07, 6.45) is 1.02. The van der Waals surface area contributed by atoms with Crippen molar-refractivity contribution >= 4 is 57.5 Å². The van der Waals surface area contributed by atoms with Crippen LogP contribution in [0.1, 0.15) is 45.6 Å². The van der Waals surface area contributed by atoms with Crippen LogP contribution in [0.5, 0.6) is 0 Å². The third-order valence-corrected chi connectivity index (χ3v) is 7.54. The fourth-order valence-corrected chi connectivity index (χ4v) is 5.02. The predicted molar refractivity (Wildman–Crippen MR) is 156 cm³/mol. The summed E-state index contributed by atoms with van der Waals surface area (Å²) in [6, 6.07) is 19.7. The zero-order chi connectivity index (χ0) is 27.4. The van der Waals surface area contributed by atoms with Crippen molar-refractivity contribution < 1.29 is 9.59 Å². The molecular weight excluding hydrogens is 520 g/mol. The molecule has 0 fully saturated rings. The van der Waals surface area contributed by atoms with Crippen LogP contribution >= 0.6 is 23.4 Å². The van der Waals surface area contributed by atoms with Gasteiger partial charge in [-0.1, -0.05) is 49.3 Å². The monoisotopic (exact) mass is 548 g/mol. The molecule has 4 aromatic rings. The lowest BCUT2D eigenvalue weighted by atomic mass is 9.98. The summed E-state index contributed by atoms with van der Waals surface area (Å²) < 4.78 is 1.55. The molecule has 1 aromatic heterocycles. The van der Waals surface area contributed by atoms with Crippen LogP contribution in [0, 0.1) is 0 Å². The maximum atomic E-state index is 13.6. The normalized spacial score (nSPS) is 12.7. The molecule has 0 bridgehead atoms. The van der Waals surface area contributed by atoms with Crippen molar-refractivity contribution in [2.24, 2.45) is 0 Å². The van der Waals surface area contributed by atoms with Crippen LogP contribution in [-0.2, 0) is 9.59 Å². The quantitative estimate of drug-likeness (QED) is 0.190. The van der Waals surface area contributed by atoms with Gasteiger partial charge in [-0.3, -0.25) is 19.0 Å². The second kappa shape index (κ2) is 11.8. The number of carbonyl (C=O) groups is 2. The second-order valence-corrected chi connectivity index (χ2v) is 10.8. The first-order valence-electron chi connectivity index (χ1n) is 12.3. The van der Waals surface area contributed by atoms with Gasteiger partial charge in [0.05, 0.1) is 21.8 Å². The van der Waals surface area contributed by atoms with E-state index in [-0.39, 0.29) is 17.4 Å². The molecule has 0 unspecified atom stereocenters. The largest absolute Gasteiger partial charge is 0.326 e. The average Bonchev–Trinajstić information content (AvgIpc) is 2.89. The first kappa shape index (κ1) is 27.4. The Kier molecular flexibility index (Phi) is 8.54. The molecule has 2 N–H and O–H groups in total. The number of aromatic nitrogens is 2. The van der Waals surface area contributed by atoms with Crippen LogP contribution in [0.4, 0.5) is 11.4 Å². The zero-order valence-corrected chi connectivity index (χ0v) is 23.2. The lowest BCUT2D eigenvalue weighted by molar-refractivity contribution is -0.115. The number of amides is 2. The van der Waals surface area contributed by atoms with Crippen molar-refractivity contribution in [1.82, 2.24) is 9.55 Å². The fraction of sp³-hybridized carbons (Fsp3) is 0.241. The minimum atomic E-state index is -0.570. The van der Waals surface area contributed by atoms with Crippen molar-refractivity contribution in [3.63, 3.8) is 0 Å². The van der Waals surface area contributed by atoms with Crippen LogP contribution in [0.3, 0.4) is 0 Å². The number of nitrogens with one attached hydrogen (secondary N) is 2. The Balaban J connectivity index is 1.65. The van der Waals surface area contributed by atoms with Crippen LogP contribution in [0.15, 0.2) is 76.7 Å². The topological polar surface area (TPSA) is 93.1 Å². The number of fused-ring (bicyclic) bond motifs is 1. The van der Waals surface area contributed by atoms with E-state index in [9.17, 15) is 14.4 Å². The van der Waals surface area contributed by atoms with Gasteiger partial charge in [0.15, 0.2) is 5.16 Å². The summed E-state index contributed by atoms with van der Waals surface area (Å²) in [5, 5.41) is 6.32. The van der Waals surface area contributed by atoms with Crippen LogP contribution < -0.4 is 16.2 Å². The lowest BCUT2D eigenvalue weighted by Gasteiger charge is -2.17. The Bertz CT molecular complexity index is 1530. The summed E-state index contributed by atoms with van der Waals surface area (Å²) in [4.78, 5) is 42.6. The van der Waals surface area contributed by atoms with Gasteiger partial charge in [-0.15, -0.1) is 0 Å². The predicted octanol–water partition coefficient (Wildman–Crippen LogP) is 6.63. The number of nitrogens with zero attached hydrogens (tertiary/aromatic N) is 2. The van der Waals surface area contributed by atoms with E-state index >= 15 is 0 Å². The van der Waals surface area contributed by atoms with Crippen LogP contribution in [0.25, 0.3) is 16.6 Å². The molecular formula is C29H29ClN4O3S. The molecule has 1 heterocycles. The average molecular weight is 549 g/mol. The van der Waals surface area contributed by atoms with Gasteiger partial charge in [0.1, 0.15) is 0 Å². The van der Waals surface area contributed by atoms with E-state index in [1.807, 2.05) is 24.3 Å². The first-order valence-corrected chi connectivity index (χ1v) is 13.6. The highest BCUT2D eigenvalue weighted by molar-refractivity contribution is 8.00. The molecule has 3 aromatic carbocycles. The second-order valence-electron chi connectivity index (χ2n) is 9.11. The summed E-state index contributed by atoms with van der Waals surface area (Å²) in [6.45, 7) is 7.50. The maximum Gasteiger partial charge on any atom is 0.266 e. The molecule has 196 valence electrons. The molecule has 4 rings (SSSR count). The standard InChI is InChI=1S/C29H29ClN4O3S/c1-5-17(2)20-6-13-24(14-7-20)34-28(37)25-15-8-21(30)16-26(25)33-29(34)38-18(3)27(36)32-23-11-9-22(10-12-23)31-19(4)35/h6-18H,5H2,1-4H3,(H,31,35)(H,32,36)/t17-,18-/m0/s1. The number of rotatable bonds is 8. The highest BCUT2D eigenvalue weighted by atomic mass is 35.5. The van der Waals surface area contributed by atoms with Gasteiger partial charge in [0.2, 0.25) is 11.8 Å². The van der Waals surface area contributed by atoms with E-state index in [1.54, 1.807) is 54.0 Å². The number of halogens is 1. The number of benzene rings is 3. The van der Waals surface area contributed by atoms with Gasteiger partial charge in [0, 0.05) is 23.3 Å². The van der Waals surface area contributed by atoms with Gasteiger partial charge >= 0.3 is 0 Å². The molecule has 0 radical (unpaired) electrons. The summed E-state index contributed by atoms with van der Waals surface area (Å²) in [5.74, 6) is -0.0135. The maximum absolute atomic E-state index is 13.6. The summed E-state index contributed by atoms with van der Waals surface area (Å²) in [5.41, 5.74) is 3.34. The molecule has 0 saturated carbocycles. The van der Waals surface area contributed by atoms with Gasteiger partial charge in [0.25, 0.3) is 5.56 Å². The molecule has 0 spiro atoms. The molecule has 0 aliphatic heterocycles. The molecule has 9 heteroatoms. The molecule has 0 saturated heterocycles. The number of anilines is 2. The highest BCUT2D eigenvalue weighted by Crippen LogP contribution is 2.28. The Morgan fingerprint density at radius 2 is 1.61 bits per heavy atom. The summed E-state index contributed by atoms with van der Waals surface area (Å²) in [7, 11) is 0. The number of hydrogen-bond donors (Lipinski definition) is 2. The first-order chi connectivity index (χ1) is 18.2. The Hall–Kier alpha value is -3.62. The SMILES string of the molecule is CC[C@H](C)c1ccc(-n2c(S[C@@H](C)C(=O)Nc3ccc(NC(C)=O)cc3)nc3cc(Cl)ccc3c2=O)cc1. The molecule has 0 aliphatic carbocycles. The summed E-state index contributed by atoms with van der Waals surface area (Å²) >= 11 is 7.38. The van der Waals surface area contributed by atoms with E-state index in [0.29, 0.717) is 44.1 Å². The van der Waals surface area contributed by atoms with E-state index in [4.69, 9.17) is 16.6 Å². The van der Waals surface area contributed by atoms with E-state index in [2.05, 4.69) is 24.5 Å². The Morgan fingerprint density at radius 3 is 2.21 bits per heavy atom. The van der Waals surface area contributed by atoms with E-state index in [0.717, 1.165) is 6.42 Å². The van der Waals surface area contributed by atoms with Gasteiger partial charge in [-0.05, 0) is 79.4 Å². The van der Waals surface area contributed by atoms with Crippen LogP contribution in [0.2, 0.25) is 5.02 Å². The van der Waals surface area contributed by atoms with Gasteiger partial charge in [-0.2, -0.15) is 0 Å². The third-order valence-electron chi connectivity index (χ3n) is 6.26. The van der Waals surface area contributed by atoms with Crippen molar-refractivity contribution in [1.29, 1.82) is 0 Å². The van der Waals surface area contributed by atoms with Crippen molar-refractivity contribution in [2.75, 3.05) is 10.6 Å². The van der Waals surface area contributed by atoms with Crippen molar-refractivity contribution in [3.05, 3.63) is 87.7 Å². The minimum Gasteiger partial charge on any atom is -0.326 e. The molecule has 2 atom stereocenters.